The zero-order chi connectivity index (χ0) is 14.8. The van der Waals surface area contributed by atoms with Gasteiger partial charge in [-0.25, -0.2) is 0 Å². The summed E-state index contributed by atoms with van der Waals surface area (Å²) in [6.45, 7) is 10.5. The van der Waals surface area contributed by atoms with Gasteiger partial charge in [0.05, 0.1) is 19.8 Å². The Morgan fingerprint density at radius 3 is 2.65 bits per heavy atom. The summed E-state index contributed by atoms with van der Waals surface area (Å²) in [5, 5.41) is 13.2. The number of nitrogens with one attached hydrogen (secondary N) is 1. The molecule has 20 heavy (non-hydrogen) atoms. The highest BCUT2D eigenvalue weighted by molar-refractivity contribution is 4.98. The Kier molecular flexibility index (Phi) is 8.69. The van der Waals surface area contributed by atoms with E-state index in [1.807, 2.05) is 0 Å². The van der Waals surface area contributed by atoms with E-state index in [2.05, 4.69) is 26.1 Å². The van der Waals surface area contributed by atoms with Crippen LogP contribution in [0.4, 0.5) is 0 Å². The maximum atomic E-state index is 9.72. The van der Waals surface area contributed by atoms with Gasteiger partial charge in [-0.05, 0) is 37.6 Å². The standard InChI is InChI=1S/C16H33NO3/c1-4-17-16(13-18)8-5-6-15(16)7-9-19-10-11-20-12-14(2)3/h14-15,17-18H,4-13H2,1-3H3. The zero-order valence-corrected chi connectivity index (χ0v) is 13.5. The first-order chi connectivity index (χ1) is 9.64. The molecule has 0 aliphatic heterocycles. The number of hydrogen-bond donors (Lipinski definition) is 2. The van der Waals surface area contributed by atoms with Gasteiger partial charge in [0, 0.05) is 18.8 Å². The maximum absolute atomic E-state index is 9.72. The predicted octanol–water partition coefficient (Wildman–Crippen LogP) is 2.21. The summed E-state index contributed by atoms with van der Waals surface area (Å²) in [5.41, 5.74) is -0.0632. The third kappa shape index (κ3) is 5.68. The van der Waals surface area contributed by atoms with Crippen molar-refractivity contribution in [1.82, 2.24) is 5.32 Å². The minimum Gasteiger partial charge on any atom is -0.394 e. The van der Waals surface area contributed by atoms with Crippen LogP contribution >= 0.6 is 0 Å². The van der Waals surface area contributed by atoms with Crippen molar-refractivity contribution in [3.8, 4) is 0 Å². The van der Waals surface area contributed by atoms with Crippen LogP contribution < -0.4 is 5.32 Å². The molecular formula is C16H33NO3. The average molecular weight is 287 g/mol. The lowest BCUT2D eigenvalue weighted by atomic mass is 9.85. The number of likely N-dealkylation sites (N-methyl/N-ethyl adjacent to an activating group) is 1. The first-order valence-corrected chi connectivity index (χ1v) is 8.16. The summed E-state index contributed by atoms with van der Waals surface area (Å²) in [4.78, 5) is 0. The van der Waals surface area contributed by atoms with Gasteiger partial charge < -0.3 is 19.9 Å². The van der Waals surface area contributed by atoms with Gasteiger partial charge in [-0.2, -0.15) is 0 Å². The number of hydrogen-bond acceptors (Lipinski definition) is 4. The van der Waals surface area contributed by atoms with E-state index in [1.54, 1.807) is 0 Å². The van der Waals surface area contributed by atoms with E-state index in [1.165, 1.54) is 12.8 Å². The van der Waals surface area contributed by atoms with Crippen LogP contribution in [0.3, 0.4) is 0 Å². The predicted molar refractivity (Wildman–Crippen MR) is 81.9 cm³/mol. The van der Waals surface area contributed by atoms with Crippen LogP contribution in [0, 0.1) is 11.8 Å². The van der Waals surface area contributed by atoms with Crippen LogP contribution in [-0.2, 0) is 9.47 Å². The molecule has 0 bridgehead atoms. The molecule has 2 atom stereocenters. The van der Waals surface area contributed by atoms with E-state index < -0.39 is 0 Å². The van der Waals surface area contributed by atoms with Gasteiger partial charge in [0.15, 0.2) is 0 Å². The minimum atomic E-state index is -0.0632. The van der Waals surface area contributed by atoms with Crippen LogP contribution in [-0.4, -0.2) is 50.2 Å². The first kappa shape index (κ1) is 17.9. The van der Waals surface area contributed by atoms with Gasteiger partial charge >= 0.3 is 0 Å². The smallest absolute Gasteiger partial charge is 0.0700 e. The Morgan fingerprint density at radius 1 is 1.25 bits per heavy atom. The quantitative estimate of drug-likeness (QED) is 0.572. The first-order valence-electron chi connectivity index (χ1n) is 8.16. The molecule has 0 heterocycles. The maximum Gasteiger partial charge on any atom is 0.0700 e. The van der Waals surface area contributed by atoms with Crippen molar-refractivity contribution in [3.05, 3.63) is 0 Å². The molecule has 0 amide bonds. The second-order valence-corrected chi connectivity index (χ2v) is 6.30. The van der Waals surface area contributed by atoms with Crippen LogP contribution in [0.2, 0.25) is 0 Å². The molecule has 0 aromatic rings. The highest BCUT2D eigenvalue weighted by Crippen LogP contribution is 2.37. The van der Waals surface area contributed by atoms with E-state index >= 15 is 0 Å². The van der Waals surface area contributed by atoms with Crippen molar-refractivity contribution >= 4 is 0 Å². The average Bonchev–Trinajstić information content (AvgIpc) is 2.81. The Labute approximate surface area is 124 Å². The Hall–Kier alpha value is -0.160. The number of rotatable bonds is 11. The monoisotopic (exact) mass is 287 g/mol. The molecule has 0 saturated heterocycles. The molecule has 4 nitrogen and oxygen atoms in total. The normalized spacial score (nSPS) is 26.6. The fraction of sp³-hybridized carbons (Fsp3) is 1.00. The number of aliphatic hydroxyl groups is 1. The third-order valence-corrected chi connectivity index (χ3v) is 4.20. The highest BCUT2D eigenvalue weighted by Gasteiger charge is 2.41. The van der Waals surface area contributed by atoms with E-state index in [0.29, 0.717) is 25.0 Å². The summed E-state index contributed by atoms with van der Waals surface area (Å²) < 4.78 is 11.1. The van der Waals surface area contributed by atoms with Gasteiger partial charge in [-0.1, -0.05) is 27.2 Å². The molecule has 0 aromatic carbocycles. The lowest BCUT2D eigenvalue weighted by Gasteiger charge is -2.34. The van der Waals surface area contributed by atoms with Crippen molar-refractivity contribution in [2.75, 3.05) is 39.6 Å². The lowest BCUT2D eigenvalue weighted by molar-refractivity contribution is 0.0269. The van der Waals surface area contributed by atoms with Gasteiger partial charge in [0.25, 0.3) is 0 Å². The van der Waals surface area contributed by atoms with Gasteiger partial charge in [0.2, 0.25) is 0 Å². The molecule has 1 aliphatic rings. The molecule has 0 spiro atoms. The topological polar surface area (TPSA) is 50.7 Å². The molecule has 0 aromatic heterocycles. The van der Waals surface area contributed by atoms with E-state index in [4.69, 9.17) is 9.47 Å². The van der Waals surface area contributed by atoms with Crippen LogP contribution in [0.15, 0.2) is 0 Å². The van der Waals surface area contributed by atoms with Crippen LogP contribution in [0.25, 0.3) is 0 Å². The van der Waals surface area contributed by atoms with E-state index in [9.17, 15) is 5.11 Å². The van der Waals surface area contributed by atoms with Gasteiger partial charge in [0.1, 0.15) is 0 Å². The second-order valence-electron chi connectivity index (χ2n) is 6.30. The van der Waals surface area contributed by atoms with E-state index in [-0.39, 0.29) is 12.1 Å². The summed E-state index contributed by atoms with van der Waals surface area (Å²) in [6.07, 6.45) is 4.51. The van der Waals surface area contributed by atoms with Gasteiger partial charge in [-0.15, -0.1) is 0 Å². The fourth-order valence-electron chi connectivity index (χ4n) is 3.18. The lowest BCUT2D eigenvalue weighted by Crippen LogP contribution is -2.51. The molecule has 2 N–H and O–H groups in total. The molecule has 1 aliphatic carbocycles. The fourth-order valence-corrected chi connectivity index (χ4v) is 3.18. The highest BCUT2D eigenvalue weighted by atomic mass is 16.5. The van der Waals surface area contributed by atoms with Crippen molar-refractivity contribution in [1.29, 1.82) is 0 Å². The molecular weight excluding hydrogens is 254 g/mol. The number of ether oxygens (including phenoxy) is 2. The summed E-state index contributed by atoms with van der Waals surface area (Å²) >= 11 is 0. The Balaban J connectivity index is 2.14. The Morgan fingerprint density at radius 2 is 2.00 bits per heavy atom. The van der Waals surface area contributed by atoms with Crippen LogP contribution in [0.5, 0.6) is 0 Å². The molecule has 1 fully saturated rings. The summed E-state index contributed by atoms with van der Waals surface area (Å²) in [6, 6.07) is 0. The molecule has 0 radical (unpaired) electrons. The van der Waals surface area contributed by atoms with Gasteiger partial charge in [-0.3, -0.25) is 0 Å². The van der Waals surface area contributed by atoms with Crippen molar-refractivity contribution in [3.63, 3.8) is 0 Å². The molecule has 4 heteroatoms. The summed E-state index contributed by atoms with van der Waals surface area (Å²) in [7, 11) is 0. The van der Waals surface area contributed by atoms with Crippen molar-refractivity contribution < 1.29 is 14.6 Å². The van der Waals surface area contributed by atoms with Crippen molar-refractivity contribution in [2.24, 2.45) is 11.8 Å². The van der Waals surface area contributed by atoms with Crippen molar-refractivity contribution in [2.45, 2.75) is 52.0 Å². The zero-order valence-electron chi connectivity index (χ0n) is 13.5. The molecule has 1 saturated carbocycles. The van der Waals surface area contributed by atoms with Crippen LogP contribution in [0.1, 0.15) is 46.5 Å². The molecule has 2 unspecified atom stereocenters. The molecule has 120 valence electrons. The third-order valence-electron chi connectivity index (χ3n) is 4.20. The SMILES string of the molecule is CCNC1(CO)CCCC1CCOCCOCC(C)C. The molecule has 1 rings (SSSR count). The Bertz CT molecular complexity index is 248. The second kappa shape index (κ2) is 9.72. The minimum absolute atomic E-state index is 0.0632. The number of aliphatic hydroxyl groups excluding tert-OH is 1. The largest absolute Gasteiger partial charge is 0.394 e. The van der Waals surface area contributed by atoms with E-state index in [0.717, 1.165) is 32.6 Å². The summed E-state index contributed by atoms with van der Waals surface area (Å²) in [5.74, 6) is 1.11.